The van der Waals surface area contributed by atoms with Crippen LogP contribution in [0.25, 0.3) is 0 Å². The summed E-state index contributed by atoms with van der Waals surface area (Å²) < 4.78 is 31.0. The number of sulfonamides is 1. The molecule has 0 aliphatic heterocycles. The van der Waals surface area contributed by atoms with Gasteiger partial charge in [-0.15, -0.1) is 0 Å². The van der Waals surface area contributed by atoms with Crippen LogP contribution in [-0.2, 0) is 16.4 Å². The fourth-order valence-electron chi connectivity index (χ4n) is 2.29. The van der Waals surface area contributed by atoms with Crippen molar-refractivity contribution in [1.82, 2.24) is 5.16 Å². The second kappa shape index (κ2) is 6.95. The number of carbonyl (C=O) groups is 1. The summed E-state index contributed by atoms with van der Waals surface area (Å²) in [5.41, 5.74) is 2.67. The third kappa shape index (κ3) is 4.41. The van der Waals surface area contributed by atoms with Crippen LogP contribution in [0.1, 0.15) is 40.6 Å². The second-order valence-corrected chi connectivity index (χ2v) is 7.30. The first-order chi connectivity index (χ1) is 10.8. The number of anilines is 1. The van der Waals surface area contributed by atoms with E-state index < -0.39 is 10.0 Å². The van der Waals surface area contributed by atoms with Crippen molar-refractivity contribution in [2.75, 3.05) is 10.5 Å². The summed E-state index contributed by atoms with van der Waals surface area (Å²) in [5.74, 6) is 0.502. The van der Waals surface area contributed by atoms with E-state index in [-0.39, 0.29) is 18.0 Å². The number of aryl methyl sites for hydroxylation is 2. The molecule has 1 N–H and O–H groups in total. The maximum absolute atomic E-state index is 12.2. The Morgan fingerprint density at radius 1 is 1.30 bits per heavy atom. The maximum atomic E-state index is 12.2. The van der Waals surface area contributed by atoms with Gasteiger partial charge in [0.05, 0.1) is 17.5 Å². The van der Waals surface area contributed by atoms with Gasteiger partial charge in [0.15, 0.2) is 5.78 Å². The van der Waals surface area contributed by atoms with Gasteiger partial charge in [-0.3, -0.25) is 9.52 Å². The monoisotopic (exact) mass is 336 g/mol. The molecule has 0 unspecified atom stereocenters. The predicted octanol–water partition coefficient (Wildman–Crippen LogP) is 2.87. The third-order valence-corrected chi connectivity index (χ3v) is 4.98. The van der Waals surface area contributed by atoms with Gasteiger partial charge in [-0.05, 0) is 43.5 Å². The van der Waals surface area contributed by atoms with Crippen LogP contribution in [0, 0.1) is 13.8 Å². The molecule has 0 aliphatic rings. The van der Waals surface area contributed by atoms with Crippen LogP contribution in [0.2, 0.25) is 0 Å². The fraction of sp³-hybridized carbons (Fsp3) is 0.375. The molecule has 124 valence electrons. The van der Waals surface area contributed by atoms with Crippen LogP contribution in [0.15, 0.2) is 28.9 Å². The van der Waals surface area contributed by atoms with Crippen molar-refractivity contribution in [2.24, 2.45) is 0 Å². The van der Waals surface area contributed by atoms with E-state index in [1.165, 1.54) is 6.20 Å². The van der Waals surface area contributed by atoms with Gasteiger partial charge >= 0.3 is 0 Å². The lowest BCUT2D eigenvalue weighted by atomic mass is 9.99. The van der Waals surface area contributed by atoms with E-state index in [9.17, 15) is 13.2 Å². The van der Waals surface area contributed by atoms with Crippen LogP contribution < -0.4 is 4.72 Å². The van der Waals surface area contributed by atoms with E-state index in [1.54, 1.807) is 25.1 Å². The Morgan fingerprint density at radius 2 is 2.04 bits per heavy atom. The molecule has 0 amide bonds. The topological polar surface area (TPSA) is 89.3 Å². The Hall–Kier alpha value is -2.15. The third-order valence-electron chi connectivity index (χ3n) is 3.49. The lowest BCUT2D eigenvalue weighted by Gasteiger charge is -2.10. The van der Waals surface area contributed by atoms with Gasteiger partial charge in [0.1, 0.15) is 5.76 Å². The number of carbonyl (C=O) groups excluding carboxylic acids is 1. The second-order valence-electron chi connectivity index (χ2n) is 5.46. The highest BCUT2D eigenvalue weighted by Crippen LogP contribution is 2.19. The number of nitrogens with zero attached hydrogens (tertiary/aromatic N) is 1. The van der Waals surface area contributed by atoms with Crippen molar-refractivity contribution in [1.29, 1.82) is 0 Å². The van der Waals surface area contributed by atoms with Crippen molar-refractivity contribution in [3.63, 3.8) is 0 Å². The van der Waals surface area contributed by atoms with Crippen LogP contribution in [0.5, 0.6) is 0 Å². The summed E-state index contributed by atoms with van der Waals surface area (Å²) in [6.45, 7) is 5.35. The summed E-state index contributed by atoms with van der Waals surface area (Å²) >= 11 is 0. The molecule has 23 heavy (non-hydrogen) atoms. The molecule has 0 atom stereocenters. The molecule has 0 fully saturated rings. The minimum Gasteiger partial charge on any atom is -0.361 e. The zero-order valence-corrected chi connectivity index (χ0v) is 14.2. The molecule has 1 heterocycles. The number of ketones is 1. The number of hydrogen-bond donors (Lipinski definition) is 1. The van der Waals surface area contributed by atoms with Crippen molar-refractivity contribution in [2.45, 2.75) is 33.6 Å². The van der Waals surface area contributed by atoms with Gasteiger partial charge in [0.2, 0.25) is 10.0 Å². The van der Waals surface area contributed by atoms with Crippen LogP contribution in [0.4, 0.5) is 5.69 Å². The molecule has 1 aromatic heterocycles. The van der Waals surface area contributed by atoms with Gasteiger partial charge in [0.25, 0.3) is 0 Å². The molecule has 6 nitrogen and oxygen atoms in total. The zero-order valence-electron chi connectivity index (χ0n) is 13.4. The molecule has 2 rings (SSSR count). The Morgan fingerprint density at radius 3 is 2.61 bits per heavy atom. The first-order valence-corrected chi connectivity index (χ1v) is 9.02. The lowest BCUT2D eigenvalue weighted by Crippen LogP contribution is -2.16. The summed E-state index contributed by atoms with van der Waals surface area (Å²) in [6.07, 6.45) is 2.19. The highest BCUT2D eigenvalue weighted by atomic mass is 32.2. The van der Waals surface area contributed by atoms with E-state index in [0.29, 0.717) is 23.4 Å². The molecule has 2 aromatic rings. The molecule has 7 heteroatoms. The van der Waals surface area contributed by atoms with Crippen molar-refractivity contribution in [3.8, 4) is 0 Å². The molecule has 0 saturated carbocycles. The zero-order chi connectivity index (χ0) is 17.0. The lowest BCUT2D eigenvalue weighted by molar-refractivity contribution is 0.0991. The van der Waals surface area contributed by atoms with E-state index in [4.69, 9.17) is 4.52 Å². The maximum Gasteiger partial charge on any atom is 0.232 e. The molecule has 0 aliphatic carbocycles. The Labute approximate surface area is 135 Å². The molecular weight excluding hydrogens is 316 g/mol. The normalized spacial score (nSPS) is 11.4. The van der Waals surface area contributed by atoms with Crippen molar-refractivity contribution >= 4 is 21.5 Å². The van der Waals surface area contributed by atoms with Gasteiger partial charge in [-0.1, -0.05) is 18.1 Å². The van der Waals surface area contributed by atoms with Crippen molar-refractivity contribution in [3.05, 3.63) is 46.8 Å². The first-order valence-electron chi connectivity index (χ1n) is 7.37. The van der Waals surface area contributed by atoms with E-state index in [2.05, 4.69) is 9.88 Å². The summed E-state index contributed by atoms with van der Waals surface area (Å²) in [7, 11) is -3.32. The highest BCUT2D eigenvalue weighted by molar-refractivity contribution is 7.92. The van der Waals surface area contributed by atoms with Crippen LogP contribution >= 0.6 is 0 Å². The van der Waals surface area contributed by atoms with E-state index in [1.807, 2.05) is 13.8 Å². The number of rotatable bonds is 7. The molecule has 0 bridgehead atoms. The van der Waals surface area contributed by atoms with Gasteiger partial charge in [-0.25, -0.2) is 8.42 Å². The summed E-state index contributed by atoms with van der Waals surface area (Å²) in [4.78, 5) is 12.2. The SMILES string of the molecule is CCCS(=O)(=O)Nc1ccc(CC(=O)c2cnoc2C)c(C)c1. The Balaban J connectivity index is 2.14. The van der Waals surface area contributed by atoms with Crippen LogP contribution in [0.3, 0.4) is 0 Å². The summed E-state index contributed by atoms with van der Waals surface area (Å²) in [5, 5.41) is 3.61. The number of benzene rings is 1. The number of nitrogens with one attached hydrogen (secondary N) is 1. The van der Waals surface area contributed by atoms with E-state index in [0.717, 1.165) is 11.1 Å². The first kappa shape index (κ1) is 17.2. The quantitative estimate of drug-likeness (QED) is 0.785. The number of aromatic nitrogens is 1. The number of hydrogen-bond acceptors (Lipinski definition) is 5. The minimum absolute atomic E-state index is 0.0776. The standard InChI is InChI=1S/C16H20N2O4S/c1-4-7-23(20,21)18-14-6-5-13(11(2)8-14)9-16(19)15-10-17-22-12(15)3/h5-6,8,10,18H,4,7,9H2,1-3H3. The predicted molar refractivity (Wildman–Crippen MR) is 88.2 cm³/mol. The molecule has 1 aromatic carbocycles. The fourth-order valence-corrected chi connectivity index (χ4v) is 3.42. The van der Waals surface area contributed by atoms with Crippen molar-refractivity contribution < 1.29 is 17.7 Å². The smallest absolute Gasteiger partial charge is 0.232 e. The molecular formula is C16H20N2O4S. The molecule has 0 saturated heterocycles. The van der Waals surface area contributed by atoms with Gasteiger partial charge in [-0.2, -0.15) is 0 Å². The molecule has 0 spiro atoms. The average Bonchev–Trinajstić information content (AvgIpc) is 2.87. The minimum atomic E-state index is -3.32. The highest BCUT2D eigenvalue weighted by Gasteiger charge is 2.15. The van der Waals surface area contributed by atoms with Gasteiger partial charge in [0, 0.05) is 12.1 Å². The Kier molecular flexibility index (Phi) is 5.20. The summed E-state index contributed by atoms with van der Waals surface area (Å²) in [6, 6.07) is 5.17. The molecule has 0 radical (unpaired) electrons. The number of Topliss-reactive ketones (excluding diaryl/α,β-unsaturated/α-hetero) is 1. The van der Waals surface area contributed by atoms with E-state index >= 15 is 0 Å². The largest absolute Gasteiger partial charge is 0.361 e. The average molecular weight is 336 g/mol. The Bertz CT molecular complexity index is 809. The van der Waals surface area contributed by atoms with Crippen LogP contribution in [-0.4, -0.2) is 25.1 Å². The van der Waals surface area contributed by atoms with Gasteiger partial charge < -0.3 is 4.52 Å².